The van der Waals surface area contributed by atoms with E-state index in [-0.39, 0.29) is 12.0 Å². The molecule has 0 spiro atoms. The Morgan fingerprint density at radius 3 is 1.77 bits per heavy atom. The zero-order valence-electron chi connectivity index (χ0n) is 20.3. The van der Waals surface area contributed by atoms with Crippen LogP contribution in [0.4, 0.5) is 0 Å². The molecule has 2 heterocycles. The molecule has 0 aromatic heterocycles. The van der Waals surface area contributed by atoms with Crippen molar-refractivity contribution in [1.82, 2.24) is 4.90 Å². The van der Waals surface area contributed by atoms with Gasteiger partial charge in [-0.1, -0.05) is 91.0 Å². The zero-order valence-corrected chi connectivity index (χ0v) is 20.3. The van der Waals surface area contributed by atoms with Crippen molar-refractivity contribution < 1.29 is 14.7 Å². The molecule has 3 aromatic carbocycles. The summed E-state index contributed by atoms with van der Waals surface area (Å²) in [6.07, 6.45) is 5.32. The van der Waals surface area contributed by atoms with Gasteiger partial charge in [0.2, 0.25) is 0 Å². The highest BCUT2D eigenvalue weighted by Gasteiger charge is 2.35. The maximum absolute atomic E-state index is 8.97. The molecule has 5 nitrogen and oxygen atoms in total. The molecule has 1 fully saturated rings. The van der Waals surface area contributed by atoms with Crippen molar-refractivity contribution in [2.24, 2.45) is 4.99 Å². The molecule has 35 heavy (non-hydrogen) atoms. The highest BCUT2D eigenvalue weighted by atomic mass is 16.6. The fourth-order valence-electron chi connectivity index (χ4n) is 5.23. The first-order valence-corrected chi connectivity index (χ1v) is 12.6. The number of fused-ring (bicyclic) bond motifs is 1. The predicted molar refractivity (Wildman–Crippen MR) is 142 cm³/mol. The third-order valence-electron chi connectivity index (χ3n) is 6.84. The van der Waals surface area contributed by atoms with Gasteiger partial charge in [-0.25, -0.2) is 0 Å². The van der Waals surface area contributed by atoms with Crippen LogP contribution in [0.1, 0.15) is 48.8 Å². The molecule has 1 saturated heterocycles. The molecular formula is C29H35BN2O3. The van der Waals surface area contributed by atoms with Gasteiger partial charge in [0.1, 0.15) is 0 Å². The van der Waals surface area contributed by atoms with Gasteiger partial charge in [-0.15, -0.1) is 0 Å². The van der Waals surface area contributed by atoms with E-state index in [2.05, 4.69) is 82.7 Å². The monoisotopic (exact) mass is 470 g/mol. The van der Waals surface area contributed by atoms with Gasteiger partial charge in [-0.05, 0) is 42.4 Å². The minimum Gasteiger partial charge on any atom is -0.402 e. The average molecular weight is 470 g/mol. The van der Waals surface area contributed by atoms with Crippen LogP contribution in [0, 0.1) is 0 Å². The minimum atomic E-state index is -1.73. The summed E-state index contributed by atoms with van der Waals surface area (Å²) in [6, 6.07) is 31.4. The molecule has 0 atom stereocenters. The highest BCUT2D eigenvalue weighted by molar-refractivity contribution is 6.32. The third kappa shape index (κ3) is 6.40. The van der Waals surface area contributed by atoms with E-state index < -0.39 is 7.32 Å². The van der Waals surface area contributed by atoms with Gasteiger partial charge in [0, 0.05) is 38.1 Å². The first-order valence-electron chi connectivity index (χ1n) is 12.6. The molecule has 0 aliphatic carbocycles. The Hall–Kier alpha value is -2.93. The number of aliphatic imine (C=N–C) groups is 1. The topological polar surface area (TPSA) is 65.3 Å². The van der Waals surface area contributed by atoms with E-state index >= 15 is 0 Å². The fraction of sp³-hybridized carbons (Fsp3) is 0.345. The lowest BCUT2D eigenvalue weighted by molar-refractivity contribution is 0.179. The van der Waals surface area contributed by atoms with E-state index in [1.165, 1.54) is 54.9 Å². The van der Waals surface area contributed by atoms with Crippen LogP contribution in [0.25, 0.3) is 0 Å². The first-order chi connectivity index (χ1) is 17.2. The lowest BCUT2D eigenvalue weighted by Crippen LogP contribution is -2.30. The van der Waals surface area contributed by atoms with Gasteiger partial charge >= 0.3 is 7.32 Å². The third-order valence-corrected chi connectivity index (χ3v) is 6.84. The molecule has 6 heteroatoms. The number of benzene rings is 3. The lowest BCUT2D eigenvalue weighted by Gasteiger charge is -2.36. The number of nitrogens with zero attached hydrogens (tertiary/aromatic N) is 2. The van der Waals surface area contributed by atoms with E-state index in [1.54, 1.807) is 0 Å². The summed E-state index contributed by atoms with van der Waals surface area (Å²) >= 11 is 0. The van der Waals surface area contributed by atoms with Crippen LogP contribution < -0.4 is 0 Å². The Morgan fingerprint density at radius 2 is 1.29 bits per heavy atom. The smallest absolute Gasteiger partial charge is 0.402 e. The number of hydrogen-bond donors (Lipinski definition) is 2. The molecule has 182 valence electrons. The van der Waals surface area contributed by atoms with Crippen molar-refractivity contribution in [1.29, 1.82) is 0 Å². The Bertz CT molecular complexity index is 949. The van der Waals surface area contributed by atoms with Crippen molar-refractivity contribution >= 4 is 13.2 Å². The summed E-state index contributed by atoms with van der Waals surface area (Å²) in [5.74, 6) is 1.38. The molecule has 0 radical (unpaired) electrons. The predicted octanol–water partition coefficient (Wildman–Crippen LogP) is 4.67. The Kier molecular flexibility index (Phi) is 9.12. The number of amidine groups is 1. The van der Waals surface area contributed by atoms with Gasteiger partial charge in [0.25, 0.3) is 0 Å². The van der Waals surface area contributed by atoms with E-state index in [0.29, 0.717) is 6.42 Å². The van der Waals surface area contributed by atoms with Crippen LogP contribution in [0.3, 0.4) is 0 Å². The van der Waals surface area contributed by atoms with Gasteiger partial charge in [-0.2, -0.15) is 0 Å². The van der Waals surface area contributed by atoms with Gasteiger partial charge in [-0.3, -0.25) is 4.99 Å². The van der Waals surface area contributed by atoms with Crippen LogP contribution in [0.15, 0.2) is 96.0 Å². The normalized spacial score (nSPS) is 15.0. The Labute approximate surface area is 209 Å². The minimum absolute atomic E-state index is 0.284. The summed E-state index contributed by atoms with van der Waals surface area (Å²) in [5, 5.41) is 17.9. The van der Waals surface area contributed by atoms with Gasteiger partial charge < -0.3 is 19.6 Å². The van der Waals surface area contributed by atoms with Crippen LogP contribution in [-0.2, 0) is 10.1 Å². The van der Waals surface area contributed by atoms with Crippen molar-refractivity contribution in [3.8, 4) is 0 Å². The molecule has 0 amide bonds. The molecule has 2 aliphatic rings. The molecule has 2 aliphatic heterocycles. The fourth-order valence-corrected chi connectivity index (χ4v) is 5.23. The highest BCUT2D eigenvalue weighted by Crippen LogP contribution is 2.42. The van der Waals surface area contributed by atoms with Crippen LogP contribution in [0.2, 0.25) is 0 Å². The second-order valence-electron chi connectivity index (χ2n) is 9.05. The van der Waals surface area contributed by atoms with E-state index in [0.717, 1.165) is 13.0 Å². The van der Waals surface area contributed by atoms with Crippen LogP contribution >= 0.6 is 0 Å². The SMILES string of the molecule is C1CN=C2CCCN2C1.OB(O)OCCCC(c1ccccc1)(c1ccccc1)c1ccccc1. The molecule has 2 N–H and O–H groups in total. The van der Waals surface area contributed by atoms with Gasteiger partial charge in [0.05, 0.1) is 5.84 Å². The lowest BCUT2D eigenvalue weighted by atomic mass is 9.67. The van der Waals surface area contributed by atoms with Crippen molar-refractivity contribution in [3.05, 3.63) is 108 Å². The first kappa shape index (κ1) is 25.2. The van der Waals surface area contributed by atoms with Gasteiger partial charge in [0.15, 0.2) is 0 Å². The standard InChI is InChI=1S/C22H23BO3.C7H12N2/c24-23(25)26-18-10-17-22(19-11-4-1-5-12-19,20-13-6-2-7-14-20)21-15-8-3-9-16-21;1-3-7-8-4-2-6-9(7)5-1/h1-9,11-16,24-25H,10,17-18H2;1-6H2. The molecule has 0 bridgehead atoms. The molecular weight excluding hydrogens is 435 g/mol. The van der Waals surface area contributed by atoms with Crippen LogP contribution in [-0.4, -0.2) is 54.3 Å². The average Bonchev–Trinajstić information content (AvgIpc) is 3.40. The summed E-state index contributed by atoms with van der Waals surface area (Å²) < 4.78 is 4.96. The summed E-state index contributed by atoms with van der Waals surface area (Å²) in [7, 11) is -1.73. The van der Waals surface area contributed by atoms with E-state index in [1.807, 2.05) is 18.2 Å². The number of rotatable bonds is 8. The molecule has 0 unspecified atom stereocenters. The largest absolute Gasteiger partial charge is 0.633 e. The van der Waals surface area contributed by atoms with Crippen molar-refractivity contribution in [2.75, 3.05) is 26.2 Å². The Morgan fingerprint density at radius 1 is 0.771 bits per heavy atom. The second-order valence-corrected chi connectivity index (χ2v) is 9.05. The molecule has 3 aromatic rings. The summed E-state index contributed by atoms with van der Waals surface area (Å²) in [4.78, 5) is 6.85. The second kappa shape index (κ2) is 12.7. The van der Waals surface area contributed by atoms with Crippen molar-refractivity contribution in [3.63, 3.8) is 0 Å². The molecule has 5 rings (SSSR count). The summed E-state index contributed by atoms with van der Waals surface area (Å²) in [6.45, 7) is 3.88. The van der Waals surface area contributed by atoms with Crippen LogP contribution in [0.5, 0.6) is 0 Å². The van der Waals surface area contributed by atoms with E-state index in [4.69, 9.17) is 14.7 Å². The zero-order chi connectivity index (χ0) is 24.3. The van der Waals surface area contributed by atoms with Crippen molar-refractivity contribution in [2.45, 2.75) is 37.5 Å². The number of hydrogen-bond acceptors (Lipinski definition) is 5. The Balaban J connectivity index is 0.000000266. The summed E-state index contributed by atoms with van der Waals surface area (Å²) in [5.41, 5.74) is 3.30. The molecule has 0 saturated carbocycles. The van der Waals surface area contributed by atoms with E-state index in [9.17, 15) is 0 Å². The maximum Gasteiger partial charge on any atom is 0.633 e. The maximum atomic E-state index is 8.97. The quantitative estimate of drug-likeness (QED) is 0.285.